The molecule has 6 nitrogen and oxygen atoms in total. The van der Waals surface area contributed by atoms with E-state index in [-0.39, 0.29) is 24.7 Å². The molecule has 4 fully saturated rings. The molecule has 0 saturated heterocycles. The molecule has 1 N–H and O–H groups in total. The van der Waals surface area contributed by atoms with Crippen molar-refractivity contribution in [3.63, 3.8) is 0 Å². The van der Waals surface area contributed by atoms with Crippen LogP contribution >= 0.6 is 0 Å². The van der Waals surface area contributed by atoms with Gasteiger partial charge < -0.3 is 19.5 Å². The van der Waals surface area contributed by atoms with E-state index in [0.29, 0.717) is 11.5 Å². The van der Waals surface area contributed by atoms with Gasteiger partial charge in [-0.15, -0.1) is 0 Å². The van der Waals surface area contributed by atoms with Crippen LogP contribution in [0.3, 0.4) is 0 Å². The molecule has 29 heavy (non-hydrogen) atoms. The highest BCUT2D eigenvalue weighted by Crippen LogP contribution is 2.59. The SMILES string of the molecule is O=C(COC(=O)/C=C/c1ccc2c(c1)OCO2)NCC12CC3CC(CC(C3)C1)C2. The summed E-state index contributed by atoms with van der Waals surface area (Å²) < 4.78 is 15.7. The fraction of sp³-hybridized carbons (Fsp3) is 0.565. The Kier molecular flexibility index (Phi) is 4.72. The highest BCUT2D eigenvalue weighted by atomic mass is 16.7. The molecule has 1 aromatic rings. The quantitative estimate of drug-likeness (QED) is 0.589. The first kappa shape index (κ1) is 18.5. The van der Waals surface area contributed by atoms with Crippen LogP contribution in [-0.4, -0.2) is 31.8 Å². The predicted octanol–water partition coefficient (Wildman–Crippen LogP) is 3.30. The lowest BCUT2D eigenvalue weighted by Crippen LogP contribution is -2.51. The second-order valence-corrected chi connectivity index (χ2v) is 9.25. The van der Waals surface area contributed by atoms with Crippen LogP contribution in [0.15, 0.2) is 24.3 Å². The van der Waals surface area contributed by atoms with Gasteiger partial charge >= 0.3 is 5.97 Å². The van der Waals surface area contributed by atoms with Crippen LogP contribution in [0.2, 0.25) is 0 Å². The average molecular weight is 397 g/mol. The van der Waals surface area contributed by atoms with E-state index in [1.165, 1.54) is 44.6 Å². The number of fused-ring (bicyclic) bond motifs is 1. The Bertz CT molecular complexity index is 810. The molecular weight excluding hydrogens is 370 g/mol. The zero-order valence-electron chi connectivity index (χ0n) is 16.5. The highest BCUT2D eigenvalue weighted by molar-refractivity contribution is 5.89. The summed E-state index contributed by atoms with van der Waals surface area (Å²) in [6.07, 6.45) is 10.9. The monoisotopic (exact) mass is 397 g/mol. The molecule has 0 radical (unpaired) electrons. The van der Waals surface area contributed by atoms with Gasteiger partial charge in [-0.05, 0) is 85.5 Å². The lowest BCUT2D eigenvalue weighted by atomic mass is 9.49. The molecule has 6 rings (SSSR count). The van der Waals surface area contributed by atoms with Crippen molar-refractivity contribution in [1.82, 2.24) is 5.32 Å². The molecule has 154 valence electrons. The number of benzene rings is 1. The number of hydrogen-bond donors (Lipinski definition) is 1. The van der Waals surface area contributed by atoms with Gasteiger partial charge in [0.2, 0.25) is 6.79 Å². The van der Waals surface area contributed by atoms with Gasteiger partial charge in [0.15, 0.2) is 18.1 Å². The maximum Gasteiger partial charge on any atom is 0.331 e. The normalized spacial score (nSPS) is 31.2. The van der Waals surface area contributed by atoms with Gasteiger partial charge in [0.1, 0.15) is 0 Å². The minimum Gasteiger partial charge on any atom is -0.454 e. The van der Waals surface area contributed by atoms with Crippen LogP contribution in [0.5, 0.6) is 11.5 Å². The van der Waals surface area contributed by atoms with E-state index in [1.54, 1.807) is 18.2 Å². The summed E-state index contributed by atoms with van der Waals surface area (Å²) in [5.41, 5.74) is 1.09. The molecule has 1 heterocycles. The van der Waals surface area contributed by atoms with Gasteiger partial charge in [0.25, 0.3) is 5.91 Å². The van der Waals surface area contributed by atoms with Crippen LogP contribution in [0, 0.1) is 23.2 Å². The Morgan fingerprint density at radius 3 is 2.48 bits per heavy atom. The Morgan fingerprint density at radius 1 is 1.07 bits per heavy atom. The summed E-state index contributed by atoms with van der Waals surface area (Å²) in [4.78, 5) is 24.1. The van der Waals surface area contributed by atoms with Gasteiger partial charge in [0.05, 0.1) is 0 Å². The molecule has 1 aliphatic heterocycles. The lowest BCUT2D eigenvalue weighted by Gasteiger charge is -2.56. The topological polar surface area (TPSA) is 73.9 Å². The Hall–Kier alpha value is -2.50. The second-order valence-electron chi connectivity index (χ2n) is 9.25. The smallest absolute Gasteiger partial charge is 0.331 e. The van der Waals surface area contributed by atoms with E-state index >= 15 is 0 Å². The number of carbonyl (C=O) groups is 2. The van der Waals surface area contributed by atoms with E-state index < -0.39 is 5.97 Å². The summed E-state index contributed by atoms with van der Waals surface area (Å²) in [5, 5.41) is 3.03. The van der Waals surface area contributed by atoms with Crippen molar-refractivity contribution < 1.29 is 23.8 Å². The number of nitrogens with one attached hydrogen (secondary N) is 1. The lowest BCUT2D eigenvalue weighted by molar-refractivity contribution is -0.144. The minimum atomic E-state index is -0.535. The predicted molar refractivity (Wildman–Crippen MR) is 106 cm³/mol. The van der Waals surface area contributed by atoms with Crippen molar-refractivity contribution >= 4 is 18.0 Å². The van der Waals surface area contributed by atoms with Crippen LogP contribution in [0.4, 0.5) is 0 Å². The van der Waals surface area contributed by atoms with Gasteiger partial charge in [-0.1, -0.05) is 6.07 Å². The Balaban J connectivity index is 1.07. The summed E-state index contributed by atoms with van der Waals surface area (Å²) in [5.74, 6) is 3.18. The molecular formula is C23H27NO5. The molecule has 6 heteroatoms. The molecule has 1 amide bonds. The number of amides is 1. The molecule has 4 saturated carbocycles. The summed E-state index contributed by atoms with van der Waals surface area (Å²) in [7, 11) is 0. The summed E-state index contributed by atoms with van der Waals surface area (Å²) in [6.45, 7) is 0.694. The number of rotatable bonds is 6. The molecule has 4 aliphatic carbocycles. The van der Waals surface area contributed by atoms with E-state index in [9.17, 15) is 9.59 Å². The standard InChI is InChI=1S/C23H27NO5/c25-21(24-13-23-9-16-5-17(10-23)7-18(6-16)11-23)12-27-22(26)4-2-15-1-3-19-20(8-15)29-14-28-19/h1-4,8,16-18H,5-7,9-14H2,(H,24,25)/b4-2+. The average Bonchev–Trinajstić information content (AvgIpc) is 3.16. The Morgan fingerprint density at radius 2 is 1.76 bits per heavy atom. The molecule has 0 unspecified atom stereocenters. The van der Waals surface area contributed by atoms with Crippen molar-refractivity contribution in [3.8, 4) is 11.5 Å². The van der Waals surface area contributed by atoms with Crippen molar-refractivity contribution in [2.75, 3.05) is 19.9 Å². The van der Waals surface area contributed by atoms with Crippen molar-refractivity contribution in [2.24, 2.45) is 23.2 Å². The van der Waals surface area contributed by atoms with Gasteiger partial charge in [-0.3, -0.25) is 4.79 Å². The molecule has 0 aromatic heterocycles. The third-order valence-corrected chi connectivity index (χ3v) is 6.98. The van der Waals surface area contributed by atoms with E-state index in [4.69, 9.17) is 14.2 Å². The number of esters is 1. The molecule has 0 spiro atoms. The Labute approximate surface area is 170 Å². The third kappa shape index (κ3) is 3.98. The van der Waals surface area contributed by atoms with Crippen LogP contribution in [0.1, 0.15) is 44.1 Å². The van der Waals surface area contributed by atoms with Crippen molar-refractivity contribution in [1.29, 1.82) is 0 Å². The summed E-state index contributed by atoms with van der Waals surface area (Å²) in [6, 6.07) is 5.42. The highest BCUT2D eigenvalue weighted by Gasteiger charge is 2.50. The fourth-order valence-corrected chi connectivity index (χ4v) is 6.21. The van der Waals surface area contributed by atoms with Gasteiger partial charge in [0, 0.05) is 12.6 Å². The molecule has 5 aliphatic rings. The fourth-order valence-electron chi connectivity index (χ4n) is 6.21. The first-order valence-corrected chi connectivity index (χ1v) is 10.6. The number of ether oxygens (including phenoxy) is 3. The zero-order chi connectivity index (χ0) is 19.8. The summed E-state index contributed by atoms with van der Waals surface area (Å²) >= 11 is 0. The first-order valence-electron chi connectivity index (χ1n) is 10.6. The van der Waals surface area contributed by atoms with E-state index in [1.807, 2.05) is 6.07 Å². The maximum absolute atomic E-state index is 12.2. The van der Waals surface area contributed by atoms with E-state index in [0.717, 1.165) is 29.9 Å². The van der Waals surface area contributed by atoms with E-state index in [2.05, 4.69) is 5.32 Å². The molecule has 0 atom stereocenters. The molecule has 4 bridgehead atoms. The van der Waals surface area contributed by atoms with Gasteiger partial charge in [-0.25, -0.2) is 4.79 Å². The minimum absolute atomic E-state index is 0.211. The number of hydrogen-bond acceptors (Lipinski definition) is 5. The van der Waals surface area contributed by atoms with Crippen molar-refractivity contribution in [2.45, 2.75) is 38.5 Å². The third-order valence-electron chi connectivity index (χ3n) is 6.98. The maximum atomic E-state index is 12.2. The second kappa shape index (κ2) is 7.39. The molecule has 1 aromatic carbocycles. The zero-order valence-corrected chi connectivity index (χ0v) is 16.5. The largest absolute Gasteiger partial charge is 0.454 e. The van der Waals surface area contributed by atoms with Crippen LogP contribution < -0.4 is 14.8 Å². The van der Waals surface area contributed by atoms with Gasteiger partial charge in [-0.2, -0.15) is 0 Å². The van der Waals surface area contributed by atoms with Crippen LogP contribution in [0.25, 0.3) is 6.08 Å². The first-order chi connectivity index (χ1) is 14.1. The van der Waals surface area contributed by atoms with Crippen LogP contribution in [-0.2, 0) is 14.3 Å². The van der Waals surface area contributed by atoms with Crippen molar-refractivity contribution in [3.05, 3.63) is 29.8 Å². The number of carbonyl (C=O) groups excluding carboxylic acids is 2.